The highest BCUT2D eigenvalue weighted by molar-refractivity contribution is 5.27. The van der Waals surface area contributed by atoms with Gasteiger partial charge in [-0.2, -0.15) is 5.10 Å². The van der Waals surface area contributed by atoms with E-state index in [0.717, 1.165) is 24.7 Å². The number of anilines is 1. The summed E-state index contributed by atoms with van der Waals surface area (Å²) in [5.41, 5.74) is 0. The van der Waals surface area contributed by atoms with Crippen LogP contribution in [0.1, 0.15) is 24.7 Å². The van der Waals surface area contributed by atoms with Gasteiger partial charge in [0.1, 0.15) is 6.33 Å². The van der Waals surface area contributed by atoms with Crippen LogP contribution >= 0.6 is 0 Å². The Morgan fingerprint density at radius 2 is 2.29 bits per heavy atom. The largest absolute Gasteiger partial charge is 0.355 e. The van der Waals surface area contributed by atoms with Gasteiger partial charge >= 0.3 is 0 Å². The number of hydrogen-bond donors (Lipinski definition) is 1. The molecule has 1 saturated carbocycles. The van der Waals surface area contributed by atoms with E-state index in [4.69, 9.17) is 0 Å². The Labute approximate surface area is 99.7 Å². The van der Waals surface area contributed by atoms with Gasteiger partial charge in [-0.25, -0.2) is 9.97 Å². The number of nitrogens with zero attached hydrogens (tertiary/aromatic N) is 5. The van der Waals surface area contributed by atoms with Crippen molar-refractivity contribution in [1.29, 1.82) is 0 Å². The van der Waals surface area contributed by atoms with Crippen LogP contribution in [-0.4, -0.2) is 30.9 Å². The van der Waals surface area contributed by atoms with Crippen molar-refractivity contribution in [2.24, 2.45) is 7.05 Å². The molecular formula is C11H16N6. The van der Waals surface area contributed by atoms with Gasteiger partial charge in [0.25, 0.3) is 0 Å². The van der Waals surface area contributed by atoms with Crippen LogP contribution in [0.15, 0.2) is 18.7 Å². The highest BCUT2D eigenvalue weighted by atomic mass is 15.3. The van der Waals surface area contributed by atoms with E-state index in [9.17, 15) is 0 Å². The number of imidazole rings is 1. The first-order chi connectivity index (χ1) is 8.33. The van der Waals surface area contributed by atoms with Gasteiger partial charge in [0.05, 0.1) is 0 Å². The van der Waals surface area contributed by atoms with Crippen LogP contribution in [0.5, 0.6) is 0 Å². The van der Waals surface area contributed by atoms with Gasteiger partial charge in [-0.1, -0.05) is 0 Å². The summed E-state index contributed by atoms with van der Waals surface area (Å²) in [6.45, 7) is 0.813. The number of nitrogens with one attached hydrogen (secondary N) is 1. The van der Waals surface area contributed by atoms with Crippen LogP contribution in [0.4, 0.5) is 5.95 Å². The van der Waals surface area contributed by atoms with Crippen molar-refractivity contribution < 1.29 is 0 Å². The Bertz CT molecular complexity index is 496. The molecule has 0 aliphatic heterocycles. The second-order valence-electron chi connectivity index (χ2n) is 4.40. The minimum absolute atomic E-state index is 0.660. The molecule has 2 heterocycles. The third kappa shape index (κ3) is 2.30. The van der Waals surface area contributed by atoms with E-state index in [2.05, 4.69) is 25.0 Å². The molecule has 2 aromatic rings. The molecule has 0 radical (unpaired) electrons. The van der Waals surface area contributed by atoms with Crippen molar-refractivity contribution in [3.05, 3.63) is 24.5 Å². The van der Waals surface area contributed by atoms with Gasteiger partial charge < -0.3 is 9.88 Å². The molecule has 1 aliphatic rings. The molecule has 1 fully saturated rings. The minimum atomic E-state index is 0.660. The van der Waals surface area contributed by atoms with Crippen molar-refractivity contribution >= 4 is 5.95 Å². The van der Waals surface area contributed by atoms with Crippen molar-refractivity contribution in [3.63, 3.8) is 0 Å². The number of hydrogen-bond acceptors (Lipinski definition) is 4. The van der Waals surface area contributed by atoms with Gasteiger partial charge in [0, 0.05) is 38.4 Å². The van der Waals surface area contributed by atoms with Gasteiger partial charge in [0.15, 0.2) is 5.82 Å². The summed E-state index contributed by atoms with van der Waals surface area (Å²) >= 11 is 0. The van der Waals surface area contributed by atoms with Crippen molar-refractivity contribution in [3.8, 4) is 0 Å². The molecule has 0 bridgehead atoms. The van der Waals surface area contributed by atoms with Gasteiger partial charge in [-0.3, -0.25) is 4.68 Å². The molecule has 0 unspecified atom stereocenters. The molecule has 1 aliphatic carbocycles. The van der Waals surface area contributed by atoms with Crippen LogP contribution in [-0.2, 0) is 13.5 Å². The molecular weight excluding hydrogens is 216 g/mol. The molecule has 0 amide bonds. The lowest BCUT2D eigenvalue weighted by Crippen LogP contribution is -2.10. The van der Waals surface area contributed by atoms with Crippen LogP contribution in [0.25, 0.3) is 0 Å². The zero-order chi connectivity index (χ0) is 11.7. The Morgan fingerprint density at radius 3 is 3.00 bits per heavy atom. The fourth-order valence-corrected chi connectivity index (χ4v) is 1.88. The van der Waals surface area contributed by atoms with Gasteiger partial charge in [-0.05, 0) is 12.8 Å². The van der Waals surface area contributed by atoms with E-state index in [-0.39, 0.29) is 0 Å². The molecule has 90 valence electrons. The average Bonchev–Trinajstić information content (AvgIpc) is 2.92. The summed E-state index contributed by atoms with van der Waals surface area (Å²) in [5.74, 6) is 1.83. The highest BCUT2D eigenvalue weighted by Gasteiger charge is 2.25. The first-order valence-corrected chi connectivity index (χ1v) is 5.94. The van der Waals surface area contributed by atoms with Crippen molar-refractivity contribution in [1.82, 2.24) is 24.3 Å². The molecule has 6 heteroatoms. The van der Waals surface area contributed by atoms with E-state index in [1.807, 2.05) is 19.4 Å². The molecule has 3 rings (SSSR count). The summed E-state index contributed by atoms with van der Waals surface area (Å²) in [6.07, 6.45) is 8.97. The Hall–Kier alpha value is -1.85. The molecule has 0 spiro atoms. The first kappa shape index (κ1) is 10.3. The van der Waals surface area contributed by atoms with Crippen LogP contribution in [0.3, 0.4) is 0 Å². The minimum Gasteiger partial charge on any atom is -0.355 e. The van der Waals surface area contributed by atoms with Crippen LogP contribution in [0.2, 0.25) is 0 Å². The molecule has 2 aromatic heterocycles. The van der Waals surface area contributed by atoms with E-state index in [1.54, 1.807) is 11.0 Å². The molecule has 17 heavy (non-hydrogen) atoms. The fourth-order valence-electron chi connectivity index (χ4n) is 1.88. The summed E-state index contributed by atoms with van der Waals surface area (Å²) < 4.78 is 3.94. The quantitative estimate of drug-likeness (QED) is 0.835. The monoisotopic (exact) mass is 232 g/mol. The topological polar surface area (TPSA) is 60.6 Å². The predicted octanol–water partition coefficient (Wildman–Crippen LogP) is 1.00. The molecule has 0 atom stereocenters. The maximum absolute atomic E-state index is 4.32. The zero-order valence-electron chi connectivity index (χ0n) is 9.87. The summed E-state index contributed by atoms with van der Waals surface area (Å²) in [5, 5.41) is 7.57. The Morgan fingerprint density at radius 1 is 1.41 bits per heavy atom. The molecule has 0 aromatic carbocycles. The Kier molecular flexibility index (Phi) is 2.55. The highest BCUT2D eigenvalue weighted by Crippen LogP contribution is 2.36. The smallest absolute Gasteiger partial charge is 0.203 e. The van der Waals surface area contributed by atoms with E-state index >= 15 is 0 Å². The molecule has 6 nitrogen and oxygen atoms in total. The third-order valence-corrected chi connectivity index (χ3v) is 2.89. The lowest BCUT2D eigenvalue weighted by Gasteiger charge is -2.07. The van der Waals surface area contributed by atoms with E-state index in [1.165, 1.54) is 12.8 Å². The lowest BCUT2D eigenvalue weighted by atomic mass is 10.4. The van der Waals surface area contributed by atoms with E-state index < -0.39 is 0 Å². The summed E-state index contributed by atoms with van der Waals surface area (Å²) in [6, 6.07) is 0.660. The predicted molar refractivity (Wildman–Crippen MR) is 63.7 cm³/mol. The number of aromatic nitrogens is 5. The maximum Gasteiger partial charge on any atom is 0.203 e. The Balaban J connectivity index is 1.55. The fraction of sp³-hybridized carbons (Fsp3) is 0.545. The summed E-state index contributed by atoms with van der Waals surface area (Å²) in [4.78, 5) is 8.51. The standard InChI is InChI=1S/C11H16N6/c1-16-8-14-10(15-16)4-5-12-11-13-6-7-17(11)9-2-3-9/h6-9H,2-5H2,1H3,(H,12,13). The van der Waals surface area contributed by atoms with E-state index in [0.29, 0.717) is 6.04 Å². The molecule has 0 saturated heterocycles. The summed E-state index contributed by atoms with van der Waals surface area (Å²) in [7, 11) is 1.88. The zero-order valence-corrected chi connectivity index (χ0v) is 9.87. The van der Waals surface area contributed by atoms with Crippen molar-refractivity contribution in [2.75, 3.05) is 11.9 Å². The second-order valence-corrected chi connectivity index (χ2v) is 4.40. The molecule has 1 N–H and O–H groups in total. The number of aryl methyl sites for hydroxylation is 1. The van der Waals surface area contributed by atoms with Crippen molar-refractivity contribution in [2.45, 2.75) is 25.3 Å². The average molecular weight is 232 g/mol. The number of rotatable bonds is 5. The van der Waals surface area contributed by atoms with Gasteiger partial charge in [-0.15, -0.1) is 0 Å². The third-order valence-electron chi connectivity index (χ3n) is 2.89. The normalized spacial score (nSPS) is 15.1. The lowest BCUT2D eigenvalue weighted by molar-refractivity contribution is 0.729. The van der Waals surface area contributed by atoms with Crippen LogP contribution in [0, 0.1) is 0 Å². The second kappa shape index (κ2) is 4.20. The maximum atomic E-state index is 4.32. The SMILES string of the molecule is Cn1cnc(CCNc2nccn2C2CC2)n1. The van der Waals surface area contributed by atoms with Crippen LogP contribution < -0.4 is 5.32 Å². The van der Waals surface area contributed by atoms with Gasteiger partial charge in [0.2, 0.25) is 5.95 Å². The first-order valence-electron chi connectivity index (χ1n) is 5.94.